The lowest BCUT2D eigenvalue weighted by atomic mass is 10.0. The molecular weight excluding hydrogens is 359 g/mol. The quantitative estimate of drug-likeness (QED) is 0.794. The van der Waals surface area contributed by atoms with Crippen molar-refractivity contribution in [1.29, 1.82) is 0 Å². The number of para-hydroxylation sites is 1. The average Bonchev–Trinajstić information content (AvgIpc) is 3.19. The fourth-order valence-electron chi connectivity index (χ4n) is 3.61. The molecule has 1 saturated heterocycles. The van der Waals surface area contributed by atoms with Gasteiger partial charge in [0.25, 0.3) is 5.91 Å². The lowest BCUT2D eigenvalue weighted by Crippen LogP contribution is -2.46. The summed E-state index contributed by atoms with van der Waals surface area (Å²) in [6.45, 7) is 1.15. The van der Waals surface area contributed by atoms with E-state index in [-0.39, 0.29) is 23.6 Å². The molecule has 0 N–H and O–H groups in total. The molecule has 1 atom stereocenters. The summed E-state index contributed by atoms with van der Waals surface area (Å²) in [6.07, 6.45) is 1.94. The Morgan fingerprint density at radius 1 is 1.11 bits per heavy atom. The van der Waals surface area contributed by atoms with Crippen LogP contribution in [0, 0.1) is 5.82 Å². The Hall–Kier alpha value is -2.89. The molecule has 5 nitrogen and oxygen atoms in total. The van der Waals surface area contributed by atoms with E-state index in [1.807, 2.05) is 30.3 Å². The van der Waals surface area contributed by atoms with Gasteiger partial charge in [-0.3, -0.25) is 4.79 Å². The summed E-state index contributed by atoms with van der Waals surface area (Å²) in [6, 6.07) is 16.4. The van der Waals surface area contributed by atoms with Gasteiger partial charge in [-0.25, -0.2) is 4.39 Å². The molecule has 2 aromatic carbocycles. The van der Waals surface area contributed by atoms with Crippen LogP contribution in [0.4, 0.5) is 4.39 Å². The third kappa shape index (κ3) is 4.32. The molecule has 146 valence electrons. The standard InChI is InChI=1S/C22H23FN2O3/c23-19-8-4-5-9-20(19)27-18-10-12-25(13-11-18)22(26)21-15-17(24-28-21)14-16-6-2-1-3-7-16/h1-9,18,21H,10-15H2/t21-/m0/s1. The molecule has 2 aliphatic rings. The van der Waals surface area contributed by atoms with Gasteiger partial charge in [0, 0.05) is 38.8 Å². The molecule has 0 saturated carbocycles. The highest BCUT2D eigenvalue weighted by Gasteiger charge is 2.34. The largest absolute Gasteiger partial charge is 0.487 e. The number of nitrogens with zero attached hydrogens (tertiary/aromatic N) is 2. The summed E-state index contributed by atoms with van der Waals surface area (Å²) >= 11 is 0. The molecule has 0 spiro atoms. The van der Waals surface area contributed by atoms with Gasteiger partial charge in [0.2, 0.25) is 6.10 Å². The van der Waals surface area contributed by atoms with Crippen molar-refractivity contribution in [3.05, 3.63) is 66.0 Å². The first kappa shape index (κ1) is 18.5. The van der Waals surface area contributed by atoms with Crippen LogP contribution < -0.4 is 4.74 Å². The Morgan fingerprint density at radius 2 is 1.82 bits per heavy atom. The number of amides is 1. The lowest BCUT2D eigenvalue weighted by Gasteiger charge is -2.33. The third-order valence-corrected chi connectivity index (χ3v) is 5.14. The van der Waals surface area contributed by atoms with E-state index in [4.69, 9.17) is 9.57 Å². The maximum Gasteiger partial charge on any atom is 0.266 e. The fourth-order valence-corrected chi connectivity index (χ4v) is 3.61. The molecule has 4 rings (SSSR count). The third-order valence-electron chi connectivity index (χ3n) is 5.14. The summed E-state index contributed by atoms with van der Waals surface area (Å²) < 4.78 is 19.5. The van der Waals surface area contributed by atoms with Crippen LogP contribution in [-0.4, -0.2) is 41.8 Å². The van der Waals surface area contributed by atoms with Crippen molar-refractivity contribution in [3.8, 4) is 5.75 Å². The van der Waals surface area contributed by atoms with Gasteiger partial charge in [0.05, 0.1) is 5.71 Å². The molecule has 1 fully saturated rings. The molecule has 2 aliphatic heterocycles. The van der Waals surface area contributed by atoms with Crippen LogP contribution in [0.1, 0.15) is 24.8 Å². The minimum atomic E-state index is -0.539. The van der Waals surface area contributed by atoms with Crippen molar-refractivity contribution < 1.29 is 18.8 Å². The second-order valence-electron chi connectivity index (χ2n) is 7.19. The molecule has 2 heterocycles. The minimum absolute atomic E-state index is 0.0313. The predicted molar refractivity (Wildman–Crippen MR) is 104 cm³/mol. The first-order chi connectivity index (χ1) is 13.7. The normalized spacial score (nSPS) is 19.8. The van der Waals surface area contributed by atoms with E-state index in [0.29, 0.717) is 38.8 Å². The topological polar surface area (TPSA) is 51.1 Å². The first-order valence-electron chi connectivity index (χ1n) is 9.64. The van der Waals surface area contributed by atoms with Crippen LogP contribution in [-0.2, 0) is 16.1 Å². The van der Waals surface area contributed by atoms with Gasteiger partial charge in [-0.05, 0) is 17.7 Å². The van der Waals surface area contributed by atoms with E-state index < -0.39 is 6.10 Å². The van der Waals surface area contributed by atoms with Gasteiger partial charge >= 0.3 is 0 Å². The van der Waals surface area contributed by atoms with E-state index in [1.165, 1.54) is 6.07 Å². The molecule has 1 amide bonds. The number of carbonyl (C=O) groups is 1. The van der Waals surface area contributed by atoms with E-state index in [1.54, 1.807) is 23.1 Å². The number of ether oxygens (including phenoxy) is 1. The van der Waals surface area contributed by atoms with Crippen molar-refractivity contribution >= 4 is 11.6 Å². The smallest absolute Gasteiger partial charge is 0.266 e. The number of hydrogen-bond donors (Lipinski definition) is 0. The number of rotatable bonds is 5. The van der Waals surface area contributed by atoms with Gasteiger partial charge < -0.3 is 14.5 Å². The number of piperidine rings is 1. The Bertz CT molecular complexity index is 848. The average molecular weight is 382 g/mol. The van der Waals surface area contributed by atoms with Gasteiger partial charge in [0.1, 0.15) is 6.10 Å². The zero-order valence-corrected chi connectivity index (χ0v) is 15.6. The van der Waals surface area contributed by atoms with Crippen molar-refractivity contribution in [2.24, 2.45) is 5.16 Å². The number of carbonyl (C=O) groups excluding carboxylic acids is 1. The number of halogens is 1. The summed E-state index contributed by atoms with van der Waals surface area (Å²) in [5.41, 5.74) is 2.05. The number of likely N-dealkylation sites (tertiary alicyclic amines) is 1. The molecule has 6 heteroatoms. The van der Waals surface area contributed by atoms with Crippen molar-refractivity contribution in [1.82, 2.24) is 4.90 Å². The highest BCUT2D eigenvalue weighted by atomic mass is 19.1. The SMILES string of the molecule is O=C([C@@H]1CC(Cc2ccccc2)=NO1)N1CCC(Oc2ccccc2F)CC1. The molecule has 2 aromatic rings. The van der Waals surface area contributed by atoms with E-state index in [0.717, 1.165) is 11.3 Å². The molecule has 0 bridgehead atoms. The van der Waals surface area contributed by atoms with Crippen LogP contribution in [0.25, 0.3) is 0 Å². The van der Waals surface area contributed by atoms with Crippen LogP contribution >= 0.6 is 0 Å². The Morgan fingerprint density at radius 3 is 2.57 bits per heavy atom. The zero-order valence-electron chi connectivity index (χ0n) is 15.6. The van der Waals surface area contributed by atoms with Gasteiger partial charge in [-0.2, -0.15) is 0 Å². The van der Waals surface area contributed by atoms with Gasteiger partial charge in [0.15, 0.2) is 11.6 Å². The van der Waals surface area contributed by atoms with Gasteiger partial charge in [-0.1, -0.05) is 47.6 Å². The number of hydrogen-bond acceptors (Lipinski definition) is 4. The van der Waals surface area contributed by atoms with Crippen LogP contribution in [0.15, 0.2) is 59.8 Å². The Labute approximate surface area is 163 Å². The zero-order chi connectivity index (χ0) is 19.3. The van der Waals surface area contributed by atoms with Gasteiger partial charge in [-0.15, -0.1) is 0 Å². The maximum absolute atomic E-state index is 13.7. The van der Waals surface area contributed by atoms with E-state index >= 15 is 0 Å². The summed E-state index contributed by atoms with van der Waals surface area (Å²) in [5, 5.41) is 4.11. The highest BCUT2D eigenvalue weighted by Crippen LogP contribution is 2.23. The van der Waals surface area contributed by atoms with Crippen LogP contribution in [0.5, 0.6) is 5.75 Å². The predicted octanol–water partition coefficient (Wildman–Crippen LogP) is 3.58. The second-order valence-corrected chi connectivity index (χ2v) is 7.19. The summed E-state index contributed by atoms with van der Waals surface area (Å²) in [7, 11) is 0. The molecule has 0 radical (unpaired) electrons. The first-order valence-corrected chi connectivity index (χ1v) is 9.64. The van der Waals surface area contributed by atoms with Crippen molar-refractivity contribution in [2.75, 3.05) is 13.1 Å². The minimum Gasteiger partial charge on any atom is -0.487 e. The second kappa shape index (κ2) is 8.42. The van der Waals surface area contributed by atoms with Crippen molar-refractivity contribution in [2.45, 2.75) is 37.9 Å². The van der Waals surface area contributed by atoms with Crippen LogP contribution in [0.3, 0.4) is 0 Å². The Balaban J connectivity index is 1.25. The molecule has 0 aliphatic carbocycles. The van der Waals surface area contributed by atoms with E-state index in [2.05, 4.69) is 5.16 Å². The highest BCUT2D eigenvalue weighted by molar-refractivity contribution is 5.94. The maximum atomic E-state index is 13.7. The number of benzene rings is 2. The molecule has 28 heavy (non-hydrogen) atoms. The summed E-state index contributed by atoms with van der Waals surface area (Å²) in [5.74, 6) is -0.120. The van der Waals surface area contributed by atoms with E-state index in [9.17, 15) is 9.18 Å². The Kier molecular flexibility index (Phi) is 5.55. The summed E-state index contributed by atoms with van der Waals surface area (Å²) in [4.78, 5) is 19.9. The monoisotopic (exact) mass is 382 g/mol. The molecular formula is C22H23FN2O3. The molecule has 0 aromatic heterocycles. The van der Waals surface area contributed by atoms with Crippen molar-refractivity contribution in [3.63, 3.8) is 0 Å². The number of oxime groups is 1. The molecule has 0 unspecified atom stereocenters. The van der Waals surface area contributed by atoms with Crippen LogP contribution in [0.2, 0.25) is 0 Å². The fraction of sp³-hybridized carbons (Fsp3) is 0.364. The lowest BCUT2D eigenvalue weighted by molar-refractivity contribution is -0.143.